The smallest absolute Gasteiger partial charge is 0.303 e. The maximum atomic E-state index is 12.3. The summed E-state index contributed by atoms with van der Waals surface area (Å²) in [5.74, 6) is -0.821. The number of aliphatic carboxylic acids is 1. The molecule has 0 aliphatic rings. The Balaban J connectivity index is 2.53. The van der Waals surface area contributed by atoms with Crippen molar-refractivity contribution < 1.29 is 14.7 Å². The van der Waals surface area contributed by atoms with Gasteiger partial charge in [-0.15, -0.1) is 0 Å². The first kappa shape index (κ1) is 16.2. The zero-order valence-electron chi connectivity index (χ0n) is 12.4. The molecule has 0 aliphatic heterocycles. The Kier molecular flexibility index (Phi) is 5.74. The molecule has 0 heterocycles. The largest absolute Gasteiger partial charge is 0.481 e. The van der Waals surface area contributed by atoms with Crippen LogP contribution in [0.2, 0.25) is 0 Å². The number of amides is 1. The Bertz CT molecular complexity index is 480. The topological polar surface area (TPSA) is 66.4 Å². The zero-order chi connectivity index (χ0) is 15.2. The van der Waals surface area contributed by atoms with E-state index in [9.17, 15) is 9.59 Å². The summed E-state index contributed by atoms with van der Waals surface area (Å²) in [6, 6.07) is 7.86. The molecule has 4 heteroatoms. The third-order valence-corrected chi connectivity index (χ3v) is 3.49. The predicted octanol–water partition coefficient (Wildman–Crippen LogP) is 2.64. The number of rotatable bonds is 7. The van der Waals surface area contributed by atoms with E-state index < -0.39 is 11.4 Å². The van der Waals surface area contributed by atoms with Crippen molar-refractivity contribution >= 4 is 11.9 Å². The van der Waals surface area contributed by atoms with E-state index in [1.165, 1.54) is 0 Å². The molecule has 1 aromatic carbocycles. The molecule has 0 bridgehead atoms. The van der Waals surface area contributed by atoms with Crippen molar-refractivity contribution in [3.8, 4) is 0 Å². The fourth-order valence-corrected chi connectivity index (χ4v) is 2.22. The van der Waals surface area contributed by atoms with Crippen LogP contribution in [0.25, 0.3) is 0 Å². The Morgan fingerprint density at radius 3 is 2.45 bits per heavy atom. The molecule has 1 amide bonds. The Morgan fingerprint density at radius 2 is 1.85 bits per heavy atom. The van der Waals surface area contributed by atoms with Crippen LogP contribution in [-0.4, -0.2) is 23.5 Å². The normalized spacial score (nSPS) is 11.2. The summed E-state index contributed by atoms with van der Waals surface area (Å²) in [7, 11) is 0. The number of nitrogens with one attached hydrogen (secondary N) is 1. The van der Waals surface area contributed by atoms with Crippen molar-refractivity contribution in [3.63, 3.8) is 0 Å². The molecular weight excluding hydrogens is 254 g/mol. The van der Waals surface area contributed by atoms with Crippen molar-refractivity contribution in [3.05, 3.63) is 35.4 Å². The highest BCUT2D eigenvalue weighted by molar-refractivity contribution is 5.87. The van der Waals surface area contributed by atoms with Crippen LogP contribution >= 0.6 is 0 Å². The van der Waals surface area contributed by atoms with Crippen LogP contribution < -0.4 is 5.32 Å². The standard InChI is InChI=1S/C16H23NO3/c1-12-8-4-5-9-13(12)16(2,3)15(20)17-11-7-6-10-14(18)19/h4-5,8-9H,6-7,10-11H2,1-3H3,(H,17,20)(H,18,19). The van der Waals surface area contributed by atoms with E-state index in [1.54, 1.807) is 0 Å². The summed E-state index contributed by atoms with van der Waals surface area (Å²) in [6.45, 7) is 6.32. The van der Waals surface area contributed by atoms with E-state index in [0.29, 0.717) is 19.4 Å². The van der Waals surface area contributed by atoms with Gasteiger partial charge in [-0.3, -0.25) is 9.59 Å². The SMILES string of the molecule is Cc1ccccc1C(C)(C)C(=O)NCCCCC(=O)O. The van der Waals surface area contributed by atoms with Crippen molar-refractivity contribution in [1.82, 2.24) is 5.32 Å². The molecule has 0 aliphatic carbocycles. The summed E-state index contributed by atoms with van der Waals surface area (Å²) >= 11 is 0. The molecule has 1 rings (SSSR count). The molecule has 1 aromatic rings. The second-order valence-electron chi connectivity index (χ2n) is 5.55. The van der Waals surface area contributed by atoms with E-state index in [2.05, 4.69) is 5.32 Å². The van der Waals surface area contributed by atoms with Gasteiger partial charge >= 0.3 is 5.97 Å². The quantitative estimate of drug-likeness (QED) is 0.753. The summed E-state index contributed by atoms with van der Waals surface area (Å²) in [5, 5.41) is 11.4. The Hall–Kier alpha value is -1.84. The van der Waals surface area contributed by atoms with Crippen molar-refractivity contribution in [2.24, 2.45) is 0 Å². The van der Waals surface area contributed by atoms with Crippen LogP contribution in [0, 0.1) is 6.92 Å². The maximum absolute atomic E-state index is 12.3. The second-order valence-corrected chi connectivity index (χ2v) is 5.55. The molecule has 0 atom stereocenters. The van der Waals surface area contributed by atoms with Gasteiger partial charge in [-0.05, 0) is 44.7 Å². The van der Waals surface area contributed by atoms with E-state index >= 15 is 0 Å². The average Bonchev–Trinajstić information content (AvgIpc) is 2.38. The summed E-state index contributed by atoms with van der Waals surface area (Å²) in [4.78, 5) is 22.7. The molecule has 20 heavy (non-hydrogen) atoms. The third kappa shape index (κ3) is 4.37. The fourth-order valence-electron chi connectivity index (χ4n) is 2.22. The van der Waals surface area contributed by atoms with E-state index in [0.717, 1.165) is 11.1 Å². The Morgan fingerprint density at radius 1 is 1.20 bits per heavy atom. The molecule has 4 nitrogen and oxygen atoms in total. The minimum atomic E-state index is -0.795. The van der Waals surface area contributed by atoms with E-state index in [4.69, 9.17) is 5.11 Å². The fraction of sp³-hybridized carbons (Fsp3) is 0.500. The first-order chi connectivity index (χ1) is 9.35. The molecule has 110 valence electrons. The summed E-state index contributed by atoms with van der Waals surface area (Å²) < 4.78 is 0. The highest BCUT2D eigenvalue weighted by Crippen LogP contribution is 2.26. The molecule has 0 saturated carbocycles. The average molecular weight is 277 g/mol. The molecule has 2 N–H and O–H groups in total. The lowest BCUT2D eigenvalue weighted by Crippen LogP contribution is -2.40. The predicted molar refractivity (Wildman–Crippen MR) is 78.7 cm³/mol. The second kappa shape index (κ2) is 7.08. The number of unbranched alkanes of at least 4 members (excludes halogenated alkanes) is 1. The minimum absolute atomic E-state index is 0.0258. The molecule has 0 fully saturated rings. The lowest BCUT2D eigenvalue weighted by atomic mass is 9.81. The molecule has 0 aromatic heterocycles. The first-order valence-electron chi connectivity index (χ1n) is 6.92. The summed E-state index contributed by atoms with van der Waals surface area (Å²) in [5.41, 5.74) is 1.53. The number of aryl methyl sites for hydroxylation is 1. The van der Waals surface area contributed by atoms with Gasteiger partial charge in [-0.1, -0.05) is 24.3 Å². The zero-order valence-corrected chi connectivity index (χ0v) is 12.4. The highest BCUT2D eigenvalue weighted by Gasteiger charge is 2.30. The van der Waals surface area contributed by atoms with E-state index in [-0.39, 0.29) is 12.3 Å². The molecule has 0 saturated heterocycles. The number of hydrogen-bond acceptors (Lipinski definition) is 2. The van der Waals surface area contributed by atoms with Crippen LogP contribution in [0.3, 0.4) is 0 Å². The minimum Gasteiger partial charge on any atom is -0.481 e. The number of hydrogen-bond donors (Lipinski definition) is 2. The Labute approximate surface area is 120 Å². The van der Waals surface area contributed by atoms with Gasteiger partial charge in [0, 0.05) is 13.0 Å². The molecular formula is C16H23NO3. The van der Waals surface area contributed by atoms with Gasteiger partial charge in [-0.2, -0.15) is 0 Å². The molecule has 0 unspecified atom stereocenters. The van der Waals surface area contributed by atoms with Crippen LogP contribution in [0.1, 0.15) is 44.2 Å². The van der Waals surface area contributed by atoms with Crippen LogP contribution in [0.15, 0.2) is 24.3 Å². The van der Waals surface area contributed by atoms with Crippen molar-refractivity contribution in [2.75, 3.05) is 6.54 Å². The molecule has 0 radical (unpaired) electrons. The van der Waals surface area contributed by atoms with Gasteiger partial charge in [0.2, 0.25) is 5.91 Å². The van der Waals surface area contributed by atoms with Gasteiger partial charge in [0.1, 0.15) is 0 Å². The third-order valence-electron chi connectivity index (χ3n) is 3.49. The highest BCUT2D eigenvalue weighted by atomic mass is 16.4. The number of benzene rings is 1. The first-order valence-corrected chi connectivity index (χ1v) is 6.92. The van der Waals surface area contributed by atoms with E-state index in [1.807, 2.05) is 45.0 Å². The number of carboxylic acid groups (broad SMARTS) is 1. The van der Waals surface area contributed by atoms with Crippen LogP contribution in [0.4, 0.5) is 0 Å². The summed E-state index contributed by atoms with van der Waals surface area (Å²) in [6.07, 6.45) is 1.42. The van der Waals surface area contributed by atoms with Crippen molar-refractivity contribution in [2.45, 2.75) is 45.4 Å². The number of carboxylic acids is 1. The van der Waals surface area contributed by atoms with Crippen LogP contribution in [0.5, 0.6) is 0 Å². The van der Waals surface area contributed by atoms with Gasteiger partial charge < -0.3 is 10.4 Å². The number of carbonyl (C=O) groups excluding carboxylic acids is 1. The van der Waals surface area contributed by atoms with Crippen molar-refractivity contribution in [1.29, 1.82) is 0 Å². The van der Waals surface area contributed by atoms with Gasteiger partial charge in [0.15, 0.2) is 0 Å². The van der Waals surface area contributed by atoms with Gasteiger partial charge in [-0.25, -0.2) is 0 Å². The molecule has 0 spiro atoms. The monoisotopic (exact) mass is 277 g/mol. The van der Waals surface area contributed by atoms with Gasteiger partial charge in [0.05, 0.1) is 5.41 Å². The van der Waals surface area contributed by atoms with Crippen LogP contribution in [-0.2, 0) is 15.0 Å². The maximum Gasteiger partial charge on any atom is 0.303 e. The number of carbonyl (C=O) groups is 2. The lowest BCUT2D eigenvalue weighted by molar-refractivity contribution is -0.137. The van der Waals surface area contributed by atoms with Gasteiger partial charge in [0.25, 0.3) is 0 Å². The lowest BCUT2D eigenvalue weighted by Gasteiger charge is -2.26.